The van der Waals surface area contributed by atoms with Crippen LogP contribution >= 0.6 is 11.6 Å². The van der Waals surface area contributed by atoms with Crippen molar-refractivity contribution in [2.45, 2.75) is 33.2 Å². The number of nitrogens with one attached hydrogen (secondary N) is 1. The van der Waals surface area contributed by atoms with Gasteiger partial charge in [0.1, 0.15) is 5.82 Å². The van der Waals surface area contributed by atoms with Crippen LogP contribution in [0.1, 0.15) is 32.8 Å². The summed E-state index contributed by atoms with van der Waals surface area (Å²) in [6.07, 6.45) is 3.07. The smallest absolute Gasteiger partial charge is 0.244 e. The predicted molar refractivity (Wildman–Crippen MR) is 83.5 cm³/mol. The van der Waals surface area contributed by atoms with E-state index < -0.39 is 5.82 Å². The van der Waals surface area contributed by atoms with Crippen LogP contribution in [0.4, 0.5) is 4.39 Å². The first-order chi connectivity index (χ1) is 9.75. The maximum atomic E-state index is 13.6. The molecule has 0 aliphatic heterocycles. The molecule has 0 heterocycles. The van der Waals surface area contributed by atoms with Crippen LogP contribution in [0.2, 0.25) is 5.02 Å². The summed E-state index contributed by atoms with van der Waals surface area (Å²) in [5.41, 5.74) is 0.00536. The van der Waals surface area contributed by atoms with Crippen molar-refractivity contribution in [3.05, 3.63) is 40.7 Å². The van der Waals surface area contributed by atoms with E-state index in [1.54, 1.807) is 6.07 Å². The fourth-order valence-electron chi connectivity index (χ4n) is 1.90. The molecule has 0 radical (unpaired) electrons. The minimum atomic E-state index is -0.478. The van der Waals surface area contributed by atoms with Gasteiger partial charge in [-0.25, -0.2) is 4.39 Å². The Bertz CT molecular complexity index is 503. The molecule has 0 bridgehead atoms. The molecule has 1 aromatic rings. The Balaban J connectivity index is 2.79. The molecule has 21 heavy (non-hydrogen) atoms. The van der Waals surface area contributed by atoms with Gasteiger partial charge in [-0.15, -0.1) is 0 Å². The summed E-state index contributed by atoms with van der Waals surface area (Å²) >= 11 is 5.89. The first-order valence-corrected chi connectivity index (χ1v) is 7.17. The Morgan fingerprint density at radius 2 is 2.14 bits per heavy atom. The zero-order chi connectivity index (χ0) is 16.0. The minimum Gasteiger partial charge on any atom is -0.396 e. The molecule has 3 nitrogen and oxygen atoms in total. The molecule has 2 N–H and O–H groups in total. The molecule has 0 aliphatic rings. The van der Waals surface area contributed by atoms with Gasteiger partial charge in [0.2, 0.25) is 5.91 Å². The summed E-state index contributed by atoms with van der Waals surface area (Å²) in [6, 6.07) is 4.18. The van der Waals surface area contributed by atoms with Crippen LogP contribution in [0.25, 0.3) is 6.08 Å². The molecule has 1 aromatic carbocycles. The van der Waals surface area contributed by atoms with E-state index in [0.717, 1.165) is 0 Å². The number of carbonyl (C=O) groups is 1. The maximum absolute atomic E-state index is 13.6. The van der Waals surface area contributed by atoms with Crippen molar-refractivity contribution in [3.63, 3.8) is 0 Å². The summed E-state index contributed by atoms with van der Waals surface area (Å²) in [4.78, 5) is 11.9. The van der Waals surface area contributed by atoms with Crippen molar-refractivity contribution < 1.29 is 14.3 Å². The van der Waals surface area contributed by atoms with Crippen molar-refractivity contribution in [2.24, 2.45) is 5.41 Å². The summed E-state index contributed by atoms with van der Waals surface area (Å²) < 4.78 is 13.6. The number of rotatable bonds is 5. The molecular weight excluding hydrogens is 293 g/mol. The third kappa shape index (κ3) is 5.48. The van der Waals surface area contributed by atoms with E-state index in [1.165, 1.54) is 24.3 Å². The quantitative estimate of drug-likeness (QED) is 0.818. The van der Waals surface area contributed by atoms with E-state index in [9.17, 15) is 9.18 Å². The van der Waals surface area contributed by atoms with Gasteiger partial charge < -0.3 is 10.4 Å². The Kier molecular flexibility index (Phi) is 6.37. The lowest BCUT2D eigenvalue weighted by molar-refractivity contribution is -0.118. The Labute approximate surface area is 129 Å². The number of aliphatic hydroxyl groups excluding tert-OH is 1. The predicted octanol–water partition coefficient (Wildman–Crippen LogP) is 3.41. The lowest BCUT2D eigenvalue weighted by Crippen LogP contribution is -2.43. The average Bonchev–Trinajstić information content (AvgIpc) is 2.36. The summed E-state index contributed by atoms with van der Waals surface area (Å²) in [5.74, 6) is -0.822. The highest BCUT2D eigenvalue weighted by Crippen LogP contribution is 2.22. The Morgan fingerprint density at radius 3 is 2.67 bits per heavy atom. The number of benzene rings is 1. The molecule has 0 aromatic heterocycles. The summed E-state index contributed by atoms with van der Waals surface area (Å²) in [5, 5.41) is 12.1. The normalized spacial score (nSPS) is 13.4. The Morgan fingerprint density at radius 1 is 1.48 bits per heavy atom. The van der Waals surface area contributed by atoms with Gasteiger partial charge in [0.15, 0.2) is 0 Å². The molecule has 116 valence electrons. The second kappa shape index (κ2) is 7.57. The first kappa shape index (κ1) is 17.7. The van der Waals surface area contributed by atoms with Gasteiger partial charge in [0, 0.05) is 24.3 Å². The Hall–Kier alpha value is -1.39. The molecule has 1 atom stereocenters. The van der Waals surface area contributed by atoms with Crippen molar-refractivity contribution in [2.75, 3.05) is 6.61 Å². The lowest BCUT2D eigenvalue weighted by atomic mass is 9.85. The third-order valence-electron chi connectivity index (χ3n) is 3.18. The summed E-state index contributed by atoms with van der Waals surface area (Å²) in [6.45, 7) is 5.92. The largest absolute Gasteiger partial charge is 0.396 e. The highest BCUT2D eigenvalue weighted by molar-refractivity contribution is 6.32. The molecule has 0 spiro atoms. The van der Waals surface area contributed by atoms with Crippen LogP contribution in [0, 0.1) is 11.2 Å². The van der Waals surface area contributed by atoms with E-state index in [4.69, 9.17) is 16.7 Å². The fraction of sp³-hybridized carbons (Fsp3) is 0.438. The molecule has 0 fully saturated rings. The van der Waals surface area contributed by atoms with Crippen molar-refractivity contribution in [3.8, 4) is 0 Å². The van der Waals surface area contributed by atoms with Gasteiger partial charge in [-0.1, -0.05) is 38.4 Å². The molecule has 0 saturated carbocycles. The van der Waals surface area contributed by atoms with Gasteiger partial charge in [0.25, 0.3) is 0 Å². The van der Waals surface area contributed by atoms with Crippen molar-refractivity contribution >= 4 is 23.6 Å². The van der Waals surface area contributed by atoms with E-state index in [2.05, 4.69) is 5.32 Å². The maximum Gasteiger partial charge on any atom is 0.244 e. The molecule has 1 amide bonds. The van der Waals surface area contributed by atoms with Crippen molar-refractivity contribution in [1.82, 2.24) is 5.32 Å². The van der Waals surface area contributed by atoms with E-state index in [1.807, 2.05) is 20.8 Å². The number of hydrogen-bond acceptors (Lipinski definition) is 2. The molecule has 1 unspecified atom stereocenters. The van der Waals surface area contributed by atoms with Gasteiger partial charge in [0.05, 0.1) is 5.02 Å². The topological polar surface area (TPSA) is 49.3 Å². The number of aliphatic hydroxyl groups is 1. The fourth-order valence-corrected chi connectivity index (χ4v) is 2.13. The molecular formula is C16H21ClFNO2. The van der Waals surface area contributed by atoms with Gasteiger partial charge in [-0.2, -0.15) is 0 Å². The highest BCUT2D eigenvalue weighted by atomic mass is 35.5. The van der Waals surface area contributed by atoms with Crippen LogP contribution in [-0.4, -0.2) is 23.7 Å². The number of hydrogen-bond donors (Lipinski definition) is 2. The van der Waals surface area contributed by atoms with E-state index >= 15 is 0 Å². The van der Waals surface area contributed by atoms with Crippen LogP contribution in [-0.2, 0) is 4.79 Å². The van der Waals surface area contributed by atoms with Crippen molar-refractivity contribution in [1.29, 1.82) is 0 Å². The second-order valence-corrected chi connectivity index (χ2v) is 6.32. The lowest BCUT2D eigenvalue weighted by Gasteiger charge is -2.30. The minimum absolute atomic E-state index is 0.00886. The second-order valence-electron chi connectivity index (χ2n) is 5.91. The molecule has 1 rings (SSSR count). The zero-order valence-electron chi connectivity index (χ0n) is 12.5. The van der Waals surface area contributed by atoms with Crippen LogP contribution in [0.3, 0.4) is 0 Å². The van der Waals surface area contributed by atoms with Crippen LogP contribution in [0.5, 0.6) is 0 Å². The SMILES string of the molecule is CC(C)(C)C(CCO)NC(=O)/C=C/c1c(F)cccc1Cl. The number of carbonyl (C=O) groups excluding carboxylic acids is 1. The summed E-state index contributed by atoms with van der Waals surface area (Å²) in [7, 11) is 0. The van der Waals surface area contributed by atoms with Crippen LogP contribution < -0.4 is 5.32 Å². The first-order valence-electron chi connectivity index (χ1n) is 6.79. The molecule has 0 aliphatic carbocycles. The number of halogens is 2. The highest BCUT2D eigenvalue weighted by Gasteiger charge is 2.24. The van der Waals surface area contributed by atoms with Gasteiger partial charge in [-0.05, 0) is 30.0 Å². The average molecular weight is 314 g/mol. The number of amides is 1. The zero-order valence-corrected chi connectivity index (χ0v) is 13.2. The van der Waals surface area contributed by atoms with Gasteiger partial charge >= 0.3 is 0 Å². The molecule has 5 heteroatoms. The van der Waals surface area contributed by atoms with Crippen LogP contribution in [0.15, 0.2) is 24.3 Å². The van der Waals surface area contributed by atoms with Gasteiger partial charge in [-0.3, -0.25) is 4.79 Å². The third-order valence-corrected chi connectivity index (χ3v) is 3.51. The van der Waals surface area contributed by atoms with E-state index in [0.29, 0.717) is 6.42 Å². The monoisotopic (exact) mass is 313 g/mol. The molecule has 0 saturated heterocycles. The standard InChI is InChI=1S/C16H21ClFNO2/c1-16(2,3)14(9-10-20)19-15(21)8-7-11-12(17)5-4-6-13(11)18/h4-8,14,20H,9-10H2,1-3H3,(H,19,21)/b8-7+. The van der Waals surface area contributed by atoms with E-state index in [-0.39, 0.29) is 34.6 Å².